The van der Waals surface area contributed by atoms with E-state index in [0.717, 1.165) is 47.3 Å². The van der Waals surface area contributed by atoms with Crippen LogP contribution in [0.3, 0.4) is 0 Å². The number of hydrazone groups is 1. The fourth-order valence-corrected chi connectivity index (χ4v) is 3.52. The number of carbonyl (C=O) groups is 1. The van der Waals surface area contributed by atoms with E-state index in [1.54, 1.807) is 0 Å². The van der Waals surface area contributed by atoms with Crippen LogP contribution in [0.2, 0.25) is 5.02 Å². The van der Waals surface area contributed by atoms with Gasteiger partial charge in [-0.25, -0.2) is 9.97 Å². The quantitative estimate of drug-likeness (QED) is 0.376. The van der Waals surface area contributed by atoms with Gasteiger partial charge in [-0.05, 0) is 37.0 Å². The molecule has 0 bridgehead atoms. The minimum absolute atomic E-state index is 0.433. The van der Waals surface area contributed by atoms with E-state index >= 15 is 0 Å². The molecule has 1 atom stereocenters. The first-order valence-corrected chi connectivity index (χ1v) is 10.0. The smallest absolute Gasteiger partial charge is 0.207 e. The zero-order chi connectivity index (χ0) is 19.3. The zero-order valence-electron chi connectivity index (χ0n) is 15.5. The molecule has 4 rings (SSSR count). The van der Waals surface area contributed by atoms with E-state index in [-0.39, 0.29) is 0 Å². The Balaban J connectivity index is 1.46. The normalized spacial score (nSPS) is 18.6. The Kier molecular flexibility index (Phi) is 5.87. The monoisotopic (exact) mass is 401 g/mol. The number of benzene rings is 1. The van der Waals surface area contributed by atoms with Gasteiger partial charge in [0.1, 0.15) is 17.5 Å². The van der Waals surface area contributed by atoms with Crippen LogP contribution in [0, 0.1) is 5.92 Å². The summed E-state index contributed by atoms with van der Waals surface area (Å²) in [5.41, 5.74) is 4.09. The van der Waals surface area contributed by atoms with Gasteiger partial charge in [0.05, 0.1) is 11.6 Å². The number of hydrogen-bond donors (Lipinski definition) is 4. The number of anilines is 1. The van der Waals surface area contributed by atoms with E-state index in [0.29, 0.717) is 37.0 Å². The van der Waals surface area contributed by atoms with Crippen molar-refractivity contribution >= 4 is 40.6 Å². The number of rotatable bonds is 9. The molecular formula is C19H24ClN7O. The maximum atomic E-state index is 10.3. The van der Waals surface area contributed by atoms with Gasteiger partial charge < -0.3 is 21.4 Å². The predicted octanol–water partition coefficient (Wildman–Crippen LogP) is 1.66. The molecule has 1 aromatic carbocycles. The molecule has 1 saturated carbocycles. The van der Waals surface area contributed by atoms with Crippen molar-refractivity contribution in [3.63, 3.8) is 0 Å². The SMILES string of the molecule is O=CNCCNCCc1nc(NC2=NNC(C3CC3)C2)c2cc(Cl)ccc2n1. The fourth-order valence-electron chi connectivity index (χ4n) is 3.35. The van der Waals surface area contributed by atoms with Gasteiger partial charge in [-0.1, -0.05) is 11.6 Å². The number of hydrogen-bond acceptors (Lipinski definition) is 7. The van der Waals surface area contributed by atoms with E-state index in [4.69, 9.17) is 16.6 Å². The van der Waals surface area contributed by atoms with Gasteiger partial charge in [-0.3, -0.25) is 4.79 Å². The van der Waals surface area contributed by atoms with E-state index in [1.807, 2.05) is 18.2 Å². The highest BCUT2D eigenvalue weighted by molar-refractivity contribution is 6.31. The van der Waals surface area contributed by atoms with Crippen LogP contribution in [-0.2, 0) is 11.2 Å². The molecule has 2 heterocycles. The Morgan fingerprint density at radius 2 is 2.11 bits per heavy atom. The largest absolute Gasteiger partial charge is 0.357 e. The van der Waals surface area contributed by atoms with Crippen LogP contribution in [0.1, 0.15) is 25.1 Å². The highest BCUT2D eigenvalue weighted by Gasteiger charge is 2.34. The molecule has 2 aliphatic rings. The Hall–Kier alpha value is -2.45. The summed E-state index contributed by atoms with van der Waals surface area (Å²) in [6.45, 7) is 2.03. The van der Waals surface area contributed by atoms with E-state index in [9.17, 15) is 4.79 Å². The molecule has 1 fully saturated rings. The molecule has 28 heavy (non-hydrogen) atoms. The molecule has 8 nitrogen and oxygen atoms in total. The second-order valence-electron chi connectivity index (χ2n) is 7.18. The summed E-state index contributed by atoms with van der Waals surface area (Å²) in [6.07, 6.45) is 4.84. The number of fused-ring (bicyclic) bond motifs is 1. The number of nitrogens with zero attached hydrogens (tertiary/aromatic N) is 3. The Bertz CT molecular complexity index is 884. The zero-order valence-corrected chi connectivity index (χ0v) is 16.3. The Morgan fingerprint density at radius 3 is 2.93 bits per heavy atom. The Morgan fingerprint density at radius 1 is 1.21 bits per heavy atom. The predicted molar refractivity (Wildman–Crippen MR) is 111 cm³/mol. The maximum absolute atomic E-state index is 10.3. The number of aromatic nitrogens is 2. The van der Waals surface area contributed by atoms with Crippen molar-refractivity contribution in [2.75, 3.05) is 25.0 Å². The Labute approximate surface area is 168 Å². The van der Waals surface area contributed by atoms with Gasteiger partial charge in [-0.2, -0.15) is 5.10 Å². The van der Waals surface area contributed by atoms with Crippen molar-refractivity contribution in [3.05, 3.63) is 29.0 Å². The first kappa shape index (κ1) is 18.9. The summed E-state index contributed by atoms with van der Waals surface area (Å²) in [5.74, 6) is 3.14. The van der Waals surface area contributed by atoms with Crippen LogP contribution in [0.4, 0.5) is 5.82 Å². The van der Waals surface area contributed by atoms with Crippen molar-refractivity contribution in [3.8, 4) is 0 Å². The number of amidine groups is 1. The van der Waals surface area contributed by atoms with Gasteiger partial charge in [0.15, 0.2) is 0 Å². The molecule has 0 spiro atoms. The summed E-state index contributed by atoms with van der Waals surface area (Å²) in [7, 11) is 0. The van der Waals surface area contributed by atoms with Gasteiger partial charge in [0, 0.05) is 42.9 Å². The topological polar surface area (TPSA) is 103 Å². The number of amides is 1. The fraction of sp³-hybridized carbons (Fsp3) is 0.474. The molecule has 1 aliphatic carbocycles. The third-order valence-corrected chi connectivity index (χ3v) is 5.23. The third-order valence-electron chi connectivity index (χ3n) is 4.99. The maximum Gasteiger partial charge on any atom is 0.207 e. The molecule has 1 amide bonds. The minimum Gasteiger partial charge on any atom is -0.357 e. The van der Waals surface area contributed by atoms with Crippen LogP contribution >= 0.6 is 11.6 Å². The lowest BCUT2D eigenvalue weighted by Gasteiger charge is -2.12. The molecule has 9 heteroatoms. The molecule has 1 aromatic heterocycles. The molecule has 4 N–H and O–H groups in total. The summed E-state index contributed by atoms with van der Waals surface area (Å²) in [5, 5.41) is 15.3. The van der Waals surface area contributed by atoms with Crippen LogP contribution in [0.25, 0.3) is 10.9 Å². The minimum atomic E-state index is 0.433. The second-order valence-corrected chi connectivity index (χ2v) is 7.62. The standard InChI is InChI=1S/C19H24ClN7O/c20-13-3-4-15-14(9-13)19(25-18-10-16(26-27-18)12-1-2-12)24-17(23-15)5-6-21-7-8-22-11-28/h3-4,9,11-12,16,21,26H,1-2,5-8,10H2,(H,22,28)(H,23,24,25,27). The van der Waals surface area contributed by atoms with Gasteiger partial charge >= 0.3 is 0 Å². The molecule has 1 unspecified atom stereocenters. The average molecular weight is 402 g/mol. The number of carbonyl (C=O) groups excluding carboxylic acids is 1. The van der Waals surface area contributed by atoms with E-state index in [1.165, 1.54) is 12.8 Å². The van der Waals surface area contributed by atoms with E-state index < -0.39 is 0 Å². The lowest BCUT2D eigenvalue weighted by molar-refractivity contribution is -0.109. The first-order chi connectivity index (χ1) is 13.7. The van der Waals surface area contributed by atoms with Gasteiger partial charge in [-0.15, -0.1) is 0 Å². The summed E-state index contributed by atoms with van der Waals surface area (Å²) in [4.78, 5) is 19.6. The summed E-state index contributed by atoms with van der Waals surface area (Å²) in [6, 6.07) is 6.07. The molecule has 1 aliphatic heterocycles. The first-order valence-electron chi connectivity index (χ1n) is 9.66. The summed E-state index contributed by atoms with van der Waals surface area (Å²) >= 11 is 6.20. The number of nitrogens with one attached hydrogen (secondary N) is 4. The lowest BCUT2D eigenvalue weighted by atomic mass is 10.1. The lowest BCUT2D eigenvalue weighted by Crippen LogP contribution is -2.28. The van der Waals surface area contributed by atoms with Crippen LogP contribution in [0.15, 0.2) is 23.3 Å². The molecule has 2 aromatic rings. The van der Waals surface area contributed by atoms with Crippen LogP contribution < -0.4 is 21.4 Å². The molecule has 148 valence electrons. The highest BCUT2D eigenvalue weighted by Crippen LogP contribution is 2.35. The second kappa shape index (κ2) is 8.70. The third kappa shape index (κ3) is 4.69. The van der Waals surface area contributed by atoms with Crippen molar-refractivity contribution in [2.24, 2.45) is 11.0 Å². The van der Waals surface area contributed by atoms with Crippen molar-refractivity contribution in [1.82, 2.24) is 26.0 Å². The van der Waals surface area contributed by atoms with Crippen molar-refractivity contribution in [1.29, 1.82) is 0 Å². The molecule has 0 saturated heterocycles. The summed E-state index contributed by atoms with van der Waals surface area (Å²) < 4.78 is 0. The van der Waals surface area contributed by atoms with Gasteiger partial charge in [0.2, 0.25) is 6.41 Å². The number of halogens is 1. The van der Waals surface area contributed by atoms with Crippen molar-refractivity contribution < 1.29 is 4.79 Å². The van der Waals surface area contributed by atoms with Crippen LogP contribution in [-0.4, -0.2) is 47.9 Å². The van der Waals surface area contributed by atoms with Crippen LogP contribution in [0.5, 0.6) is 0 Å². The van der Waals surface area contributed by atoms with Gasteiger partial charge in [0.25, 0.3) is 0 Å². The molecule has 0 radical (unpaired) electrons. The average Bonchev–Trinajstić information content (AvgIpc) is 3.44. The van der Waals surface area contributed by atoms with E-state index in [2.05, 4.69) is 31.5 Å². The molecular weight excluding hydrogens is 378 g/mol. The highest BCUT2D eigenvalue weighted by atomic mass is 35.5. The van der Waals surface area contributed by atoms with Crippen molar-refractivity contribution in [2.45, 2.75) is 31.7 Å².